The van der Waals surface area contributed by atoms with Crippen LogP contribution in [0.5, 0.6) is 0 Å². The maximum Gasteiger partial charge on any atom is 0.409 e. The van der Waals surface area contributed by atoms with Crippen LogP contribution in [-0.4, -0.2) is 111 Å². The third-order valence-corrected chi connectivity index (χ3v) is 8.85. The number of piperazine rings is 1. The number of hydrogen-bond acceptors (Lipinski definition) is 10. The lowest BCUT2D eigenvalue weighted by atomic mass is 10.1. The highest BCUT2D eigenvalue weighted by molar-refractivity contribution is 6.30. The number of fused-ring (bicyclic) bond motifs is 1. The van der Waals surface area contributed by atoms with Crippen LogP contribution >= 0.6 is 11.6 Å². The topological polar surface area (TPSA) is 101 Å². The minimum Gasteiger partial charge on any atom is -0.469 e. The summed E-state index contributed by atoms with van der Waals surface area (Å²) >= 11 is 6.50. The molecule has 1 atom stereocenters. The number of esters is 1. The van der Waals surface area contributed by atoms with Crippen LogP contribution in [0.4, 0.5) is 16.3 Å². The molecule has 1 aromatic heterocycles. The molecule has 0 saturated carbocycles. The molecular weight excluding hydrogens is 608 g/mol. The van der Waals surface area contributed by atoms with Crippen molar-refractivity contribution in [2.75, 3.05) is 83.0 Å². The maximum atomic E-state index is 11.9. The molecule has 3 aliphatic heterocycles. The molecule has 6 rings (SSSR count). The van der Waals surface area contributed by atoms with Gasteiger partial charge in [-0.1, -0.05) is 41.9 Å². The molecule has 2 aromatic carbocycles. The number of morpholine rings is 1. The van der Waals surface area contributed by atoms with E-state index in [1.54, 1.807) is 4.90 Å². The first kappa shape index (κ1) is 33.4. The number of hydrogen-bond donors (Lipinski definition) is 0. The number of amides is 1. The van der Waals surface area contributed by atoms with E-state index in [0.717, 1.165) is 68.6 Å². The van der Waals surface area contributed by atoms with Gasteiger partial charge in [0.2, 0.25) is 0 Å². The minimum absolute atomic E-state index is 0.0508. The number of aromatic nitrogens is 2. The van der Waals surface area contributed by atoms with Gasteiger partial charge in [0.25, 0.3) is 0 Å². The first-order valence-corrected chi connectivity index (χ1v) is 16.2. The molecule has 11 nitrogen and oxygen atoms in total. The lowest BCUT2D eigenvalue weighted by molar-refractivity contribution is -0.140. The Balaban J connectivity index is 0.000000266. The van der Waals surface area contributed by atoms with Crippen LogP contribution in [0.1, 0.15) is 24.5 Å². The van der Waals surface area contributed by atoms with E-state index in [0.29, 0.717) is 37.1 Å². The van der Waals surface area contributed by atoms with Crippen molar-refractivity contribution in [2.45, 2.75) is 32.4 Å². The Hall–Kier alpha value is -3.93. The van der Waals surface area contributed by atoms with E-state index < -0.39 is 0 Å². The Morgan fingerprint density at radius 2 is 1.65 bits per heavy atom. The molecule has 2 saturated heterocycles. The lowest BCUT2D eigenvalue weighted by Crippen LogP contribution is -2.49. The molecule has 0 radical (unpaired) electrons. The van der Waals surface area contributed by atoms with Crippen molar-refractivity contribution >= 4 is 35.2 Å². The van der Waals surface area contributed by atoms with Crippen molar-refractivity contribution in [3.8, 4) is 11.4 Å². The molecule has 4 heterocycles. The van der Waals surface area contributed by atoms with Crippen molar-refractivity contribution < 1.29 is 23.8 Å². The van der Waals surface area contributed by atoms with Crippen LogP contribution < -0.4 is 9.80 Å². The molecule has 12 heteroatoms. The maximum absolute atomic E-state index is 11.9. The fourth-order valence-corrected chi connectivity index (χ4v) is 6.10. The van der Waals surface area contributed by atoms with Crippen molar-refractivity contribution in [2.24, 2.45) is 0 Å². The summed E-state index contributed by atoms with van der Waals surface area (Å²) in [4.78, 5) is 41.3. The molecule has 0 N–H and O–H groups in total. The summed E-state index contributed by atoms with van der Waals surface area (Å²) in [6.07, 6.45) is 0.626. The normalized spacial score (nSPS) is 18.0. The number of benzene rings is 2. The molecule has 2 fully saturated rings. The average molecular weight is 651 g/mol. The van der Waals surface area contributed by atoms with Crippen molar-refractivity contribution in [1.29, 1.82) is 0 Å². The highest BCUT2D eigenvalue weighted by Gasteiger charge is 2.33. The number of halogens is 1. The fourth-order valence-electron chi connectivity index (χ4n) is 5.86. The Labute approximate surface area is 276 Å². The lowest BCUT2D eigenvalue weighted by Gasteiger charge is -2.35. The zero-order valence-electron chi connectivity index (χ0n) is 26.9. The summed E-state index contributed by atoms with van der Waals surface area (Å²) in [7, 11) is 3.30. The number of ether oxygens (including phenoxy) is 3. The highest BCUT2D eigenvalue weighted by atomic mass is 35.5. The molecule has 46 heavy (non-hydrogen) atoms. The van der Waals surface area contributed by atoms with Gasteiger partial charge in [-0.2, -0.15) is 0 Å². The van der Waals surface area contributed by atoms with Gasteiger partial charge in [0.15, 0.2) is 5.82 Å². The predicted octanol–water partition coefficient (Wildman–Crippen LogP) is 4.52. The summed E-state index contributed by atoms with van der Waals surface area (Å²) in [5.41, 5.74) is 4.18. The quantitative estimate of drug-likeness (QED) is 0.268. The van der Waals surface area contributed by atoms with Crippen LogP contribution in [0.25, 0.3) is 11.4 Å². The Bertz CT molecular complexity index is 1450. The summed E-state index contributed by atoms with van der Waals surface area (Å²) in [5.74, 6) is 1.03. The molecule has 0 aliphatic carbocycles. The number of rotatable bonds is 7. The molecule has 246 valence electrons. The van der Waals surface area contributed by atoms with Gasteiger partial charge in [0.05, 0.1) is 33.4 Å². The summed E-state index contributed by atoms with van der Waals surface area (Å²) in [6, 6.07) is 18.6. The molecule has 0 bridgehead atoms. The number of likely N-dealkylation sites (N-methyl/N-ethyl adjacent to an activating group) is 1. The van der Waals surface area contributed by atoms with Crippen LogP contribution in [0.15, 0.2) is 54.6 Å². The highest BCUT2D eigenvalue weighted by Crippen LogP contribution is 2.36. The Morgan fingerprint density at radius 3 is 2.30 bits per heavy atom. The van der Waals surface area contributed by atoms with Gasteiger partial charge in [-0.15, -0.1) is 0 Å². The molecule has 1 amide bonds. The number of carbonyl (C=O) groups excluding carboxylic acids is 2. The number of nitrogens with zero attached hydrogens (tertiary/aromatic N) is 6. The van der Waals surface area contributed by atoms with E-state index in [4.69, 9.17) is 30.8 Å². The predicted molar refractivity (Wildman–Crippen MR) is 178 cm³/mol. The molecule has 3 aliphatic rings. The minimum atomic E-state index is -0.261. The summed E-state index contributed by atoms with van der Waals surface area (Å²) < 4.78 is 15.2. The molecular formula is C34H43ClN6O5. The van der Waals surface area contributed by atoms with Crippen LogP contribution in [0.3, 0.4) is 0 Å². The standard InChI is InChI=1S/C23H28ClN5O4.C11H15NO/c1-4-33-23(31)29-11-9-28(10-12-29)16-7-5-15(6-8-16)21-25-20(24)18-13-17(14-19(30)32-3)27(2)22(18)26-21;1-2-4-11(5-3-1)10-12-6-8-13-9-7-12/h5-8,17H,4,9-14H2,1-3H3;1-5H,6-10H2. The average Bonchev–Trinajstić information content (AvgIpc) is 3.41. The van der Waals surface area contributed by atoms with E-state index in [1.807, 2.05) is 43.1 Å². The molecule has 0 spiro atoms. The van der Waals surface area contributed by atoms with E-state index in [1.165, 1.54) is 12.7 Å². The van der Waals surface area contributed by atoms with Crippen molar-refractivity contribution in [3.63, 3.8) is 0 Å². The van der Waals surface area contributed by atoms with Gasteiger partial charge in [0, 0.05) is 82.1 Å². The summed E-state index contributed by atoms with van der Waals surface area (Å²) in [5, 5.41) is 0.411. The van der Waals surface area contributed by atoms with Gasteiger partial charge < -0.3 is 28.9 Å². The van der Waals surface area contributed by atoms with Gasteiger partial charge in [-0.25, -0.2) is 14.8 Å². The SMILES string of the molecule is CCOC(=O)N1CCN(c2ccc(-c3nc(Cl)c4c(n3)N(C)C(CC(=O)OC)C4)cc2)CC1.c1ccc(CN2CCOCC2)cc1. The largest absolute Gasteiger partial charge is 0.469 e. The van der Waals surface area contributed by atoms with Gasteiger partial charge >= 0.3 is 12.1 Å². The zero-order valence-corrected chi connectivity index (χ0v) is 27.6. The van der Waals surface area contributed by atoms with Gasteiger partial charge in [0.1, 0.15) is 11.0 Å². The second-order valence-electron chi connectivity index (χ2n) is 11.5. The van der Waals surface area contributed by atoms with E-state index in [9.17, 15) is 9.59 Å². The Kier molecular flexibility index (Phi) is 11.7. The fraction of sp³-hybridized carbons (Fsp3) is 0.471. The monoisotopic (exact) mass is 650 g/mol. The molecule has 1 unspecified atom stereocenters. The van der Waals surface area contributed by atoms with Crippen molar-refractivity contribution in [3.05, 3.63) is 70.9 Å². The third kappa shape index (κ3) is 8.45. The number of methoxy groups -OCH3 is 1. The van der Waals surface area contributed by atoms with Crippen LogP contribution in [0, 0.1) is 0 Å². The third-order valence-electron chi connectivity index (χ3n) is 8.54. The Morgan fingerprint density at radius 1 is 0.957 bits per heavy atom. The van der Waals surface area contributed by atoms with E-state index in [-0.39, 0.29) is 24.5 Å². The number of anilines is 2. The van der Waals surface area contributed by atoms with Gasteiger partial charge in [-0.05, 0) is 36.8 Å². The van der Waals surface area contributed by atoms with Crippen LogP contribution in [-0.2, 0) is 32.0 Å². The van der Waals surface area contributed by atoms with Crippen molar-refractivity contribution in [1.82, 2.24) is 19.8 Å². The van der Waals surface area contributed by atoms with Crippen LogP contribution in [0.2, 0.25) is 5.15 Å². The van der Waals surface area contributed by atoms with E-state index in [2.05, 4.69) is 45.1 Å². The molecule has 3 aromatic rings. The second kappa shape index (κ2) is 16.1. The van der Waals surface area contributed by atoms with Gasteiger partial charge in [-0.3, -0.25) is 9.69 Å². The zero-order chi connectivity index (χ0) is 32.5. The van der Waals surface area contributed by atoms with E-state index >= 15 is 0 Å². The second-order valence-corrected chi connectivity index (χ2v) is 11.8. The smallest absolute Gasteiger partial charge is 0.409 e. The first-order valence-electron chi connectivity index (χ1n) is 15.8. The number of carbonyl (C=O) groups is 2. The summed E-state index contributed by atoms with van der Waals surface area (Å²) in [6.45, 7) is 9.89. The first-order chi connectivity index (χ1) is 22.4.